The second kappa shape index (κ2) is 7.11. The van der Waals surface area contributed by atoms with Crippen molar-refractivity contribution in [2.45, 2.75) is 57.3 Å². The molecular weight excluding hydrogens is 306 g/mol. The van der Waals surface area contributed by atoms with Crippen molar-refractivity contribution < 1.29 is 19.4 Å². The molecule has 2 aliphatic rings. The lowest BCUT2D eigenvalue weighted by molar-refractivity contribution is -0.174. The van der Waals surface area contributed by atoms with Gasteiger partial charge in [0, 0.05) is 25.3 Å². The van der Waals surface area contributed by atoms with Crippen molar-refractivity contribution in [2.24, 2.45) is 0 Å². The predicted molar refractivity (Wildman–Crippen MR) is 91.3 cm³/mol. The van der Waals surface area contributed by atoms with Gasteiger partial charge in [-0.25, -0.2) is 0 Å². The van der Waals surface area contributed by atoms with Crippen molar-refractivity contribution >= 4 is 5.91 Å². The van der Waals surface area contributed by atoms with E-state index in [0.717, 1.165) is 18.6 Å². The zero-order valence-corrected chi connectivity index (χ0v) is 14.5. The maximum atomic E-state index is 12.7. The van der Waals surface area contributed by atoms with Crippen LogP contribution >= 0.6 is 0 Å². The molecule has 0 saturated carbocycles. The van der Waals surface area contributed by atoms with E-state index >= 15 is 0 Å². The molecule has 2 aliphatic heterocycles. The zero-order valence-electron chi connectivity index (χ0n) is 14.5. The van der Waals surface area contributed by atoms with Gasteiger partial charge in [0.25, 0.3) is 5.91 Å². The van der Waals surface area contributed by atoms with Crippen LogP contribution < -0.4 is 4.74 Å². The van der Waals surface area contributed by atoms with Gasteiger partial charge in [-0.1, -0.05) is 0 Å². The Morgan fingerprint density at radius 3 is 2.54 bits per heavy atom. The summed E-state index contributed by atoms with van der Waals surface area (Å²) in [4.78, 5) is 14.5. The number of likely N-dealkylation sites (tertiary alicyclic amines) is 1. The molecule has 1 aromatic rings. The van der Waals surface area contributed by atoms with E-state index in [-0.39, 0.29) is 12.0 Å². The van der Waals surface area contributed by atoms with Crippen LogP contribution in [0.1, 0.15) is 49.9 Å². The van der Waals surface area contributed by atoms with Crippen LogP contribution in [0.5, 0.6) is 5.75 Å². The fourth-order valence-electron chi connectivity index (χ4n) is 3.61. The highest BCUT2D eigenvalue weighted by atomic mass is 16.5. The Hall–Kier alpha value is -1.59. The van der Waals surface area contributed by atoms with E-state index < -0.39 is 11.7 Å². The fourth-order valence-corrected chi connectivity index (χ4v) is 3.61. The number of nitrogens with zero attached hydrogens (tertiary/aromatic N) is 1. The summed E-state index contributed by atoms with van der Waals surface area (Å²) in [5.74, 6) is 0.809. The number of hydrogen-bond donors (Lipinski definition) is 1. The number of aliphatic hydroxyl groups is 1. The molecule has 1 atom stereocenters. The van der Waals surface area contributed by atoms with Crippen molar-refractivity contribution in [1.82, 2.24) is 4.90 Å². The molecule has 0 radical (unpaired) electrons. The molecule has 0 aromatic heterocycles. The van der Waals surface area contributed by atoms with E-state index in [1.165, 1.54) is 0 Å². The van der Waals surface area contributed by atoms with Crippen LogP contribution in [0.3, 0.4) is 0 Å². The molecule has 1 amide bonds. The third kappa shape index (κ3) is 3.57. The minimum absolute atomic E-state index is 0.0336. The quantitative estimate of drug-likeness (QED) is 0.924. The van der Waals surface area contributed by atoms with Gasteiger partial charge in [-0.3, -0.25) is 4.79 Å². The molecular formula is C19H27NO4. The predicted octanol–water partition coefficient (Wildman–Crippen LogP) is 2.62. The topological polar surface area (TPSA) is 59.0 Å². The molecule has 5 nitrogen and oxygen atoms in total. The van der Waals surface area contributed by atoms with Gasteiger partial charge in [0.2, 0.25) is 0 Å². The molecule has 5 heteroatoms. The molecule has 24 heavy (non-hydrogen) atoms. The summed E-state index contributed by atoms with van der Waals surface area (Å²) in [6.45, 7) is 5.91. The molecule has 2 heterocycles. The third-order valence-corrected chi connectivity index (χ3v) is 4.99. The van der Waals surface area contributed by atoms with Crippen LogP contribution in [-0.2, 0) is 4.74 Å². The fraction of sp³-hybridized carbons (Fsp3) is 0.632. The minimum Gasteiger partial charge on any atom is -0.491 e. The van der Waals surface area contributed by atoms with Crippen molar-refractivity contribution in [3.05, 3.63) is 29.8 Å². The van der Waals surface area contributed by atoms with Crippen LogP contribution in [0.4, 0.5) is 0 Å². The van der Waals surface area contributed by atoms with Crippen LogP contribution in [0, 0.1) is 0 Å². The van der Waals surface area contributed by atoms with Crippen molar-refractivity contribution in [2.75, 3.05) is 19.7 Å². The first-order chi connectivity index (χ1) is 11.5. The maximum Gasteiger partial charge on any atom is 0.253 e. The third-order valence-electron chi connectivity index (χ3n) is 4.99. The summed E-state index contributed by atoms with van der Waals surface area (Å²) >= 11 is 0. The van der Waals surface area contributed by atoms with E-state index in [1.54, 1.807) is 0 Å². The number of carbonyl (C=O) groups is 1. The number of rotatable bonds is 3. The van der Waals surface area contributed by atoms with Crippen LogP contribution in [0.2, 0.25) is 0 Å². The number of piperidine rings is 1. The Morgan fingerprint density at radius 2 is 1.96 bits per heavy atom. The molecule has 0 bridgehead atoms. The Labute approximate surface area is 143 Å². The number of benzene rings is 1. The highest BCUT2D eigenvalue weighted by Gasteiger charge is 2.44. The summed E-state index contributed by atoms with van der Waals surface area (Å²) in [6, 6.07) is 7.31. The maximum absolute atomic E-state index is 12.7. The summed E-state index contributed by atoms with van der Waals surface area (Å²) in [6.07, 6.45) is 2.83. The van der Waals surface area contributed by atoms with E-state index in [0.29, 0.717) is 38.1 Å². The molecule has 3 rings (SSSR count). The van der Waals surface area contributed by atoms with Gasteiger partial charge in [0.15, 0.2) is 0 Å². The molecule has 0 aliphatic carbocycles. The van der Waals surface area contributed by atoms with Gasteiger partial charge in [0.05, 0.1) is 17.8 Å². The lowest BCUT2D eigenvalue weighted by atomic mass is 9.82. The summed E-state index contributed by atoms with van der Waals surface area (Å²) in [5.41, 5.74) is 0.233. The van der Waals surface area contributed by atoms with E-state index in [9.17, 15) is 9.90 Å². The van der Waals surface area contributed by atoms with Gasteiger partial charge in [-0.05, 0) is 63.8 Å². The summed E-state index contributed by atoms with van der Waals surface area (Å²) < 4.78 is 11.5. The molecule has 2 fully saturated rings. The van der Waals surface area contributed by atoms with Gasteiger partial charge in [-0.2, -0.15) is 0 Å². The normalized spacial score (nSPS) is 23.5. The van der Waals surface area contributed by atoms with E-state index in [1.807, 2.05) is 43.0 Å². The molecule has 0 unspecified atom stereocenters. The number of ether oxygens (including phenoxy) is 2. The first-order valence-corrected chi connectivity index (χ1v) is 8.88. The number of carbonyl (C=O) groups excluding carboxylic acids is 1. The smallest absolute Gasteiger partial charge is 0.253 e. The molecule has 2 saturated heterocycles. The summed E-state index contributed by atoms with van der Waals surface area (Å²) in [5, 5.41) is 10.3. The summed E-state index contributed by atoms with van der Waals surface area (Å²) in [7, 11) is 0. The molecule has 1 spiro atoms. The monoisotopic (exact) mass is 333 g/mol. The van der Waals surface area contributed by atoms with Crippen LogP contribution in [0.15, 0.2) is 24.3 Å². The standard InChI is InChI=1S/C19H27NO4/c1-14(2)24-16-7-5-15(6-8-16)18(22)20-11-9-19(10-12-20)17(21)4-3-13-23-19/h5-8,14,17,21H,3-4,9-13H2,1-2H3/t17-/m1/s1. The van der Waals surface area contributed by atoms with Gasteiger partial charge in [-0.15, -0.1) is 0 Å². The van der Waals surface area contributed by atoms with Crippen LogP contribution in [-0.4, -0.2) is 53.4 Å². The highest BCUT2D eigenvalue weighted by Crippen LogP contribution is 2.35. The van der Waals surface area contributed by atoms with Crippen molar-refractivity contribution in [3.8, 4) is 5.75 Å². The number of aliphatic hydroxyl groups excluding tert-OH is 1. The Kier molecular flexibility index (Phi) is 5.11. The average molecular weight is 333 g/mol. The van der Waals surface area contributed by atoms with Crippen molar-refractivity contribution in [1.29, 1.82) is 0 Å². The van der Waals surface area contributed by atoms with Crippen LogP contribution in [0.25, 0.3) is 0 Å². The van der Waals surface area contributed by atoms with Gasteiger partial charge >= 0.3 is 0 Å². The molecule has 1 N–H and O–H groups in total. The Morgan fingerprint density at radius 1 is 1.29 bits per heavy atom. The minimum atomic E-state index is -0.440. The molecule has 132 valence electrons. The largest absolute Gasteiger partial charge is 0.491 e. The van der Waals surface area contributed by atoms with E-state index in [4.69, 9.17) is 9.47 Å². The van der Waals surface area contributed by atoms with E-state index in [2.05, 4.69) is 0 Å². The lowest BCUT2D eigenvalue weighted by Crippen LogP contribution is -2.56. The van der Waals surface area contributed by atoms with Gasteiger partial charge in [0.1, 0.15) is 5.75 Å². The Bertz CT molecular complexity index is 561. The second-order valence-corrected chi connectivity index (χ2v) is 7.05. The highest BCUT2D eigenvalue weighted by molar-refractivity contribution is 5.94. The lowest BCUT2D eigenvalue weighted by Gasteiger charge is -2.46. The molecule has 1 aromatic carbocycles. The zero-order chi connectivity index (χ0) is 17.2. The number of hydrogen-bond acceptors (Lipinski definition) is 4. The first kappa shape index (κ1) is 17.2. The number of amides is 1. The first-order valence-electron chi connectivity index (χ1n) is 8.88. The average Bonchev–Trinajstić information content (AvgIpc) is 2.58. The second-order valence-electron chi connectivity index (χ2n) is 7.05. The Balaban J connectivity index is 1.60. The van der Waals surface area contributed by atoms with Gasteiger partial charge < -0.3 is 19.5 Å². The van der Waals surface area contributed by atoms with Crippen molar-refractivity contribution in [3.63, 3.8) is 0 Å². The SMILES string of the molecule is CC(C)Oc1ccc(C(=O)N2CCC3(CC2)OCCC[C@H]3O)cc1.